The molecule has 0 spiro atoms. The largest absolute Gasteiger partial charge is 0.497 e. The predicted octanol–water partition coefficient (Wildman–Crippen LogP) is 1.84. The molecule has 94 valence electrons. The highest BCUT2D eigenvalue weighted by Crippen LogP contribution is 2.46. The van der Waals surface area contributed by atoms with E-state index in [9.17, 15) is 4.79 Å². The highest BCUT2D eigenvalue weighted by atomic mass is 32.2. The van der Waals surface area contributed by atoms with Crippen LogP contribution in [0.2, 0.25) is 0 Å². The number of carbonyl (C=O) groups is 1. The highest BCUT2D eigenvalue weighted by Gasteiger charge is 2.39. The Morgan fingerprint density at radius 3 is 3.00 bits per heavy atom. The van der Waals surface area contributed by atoms with Gasteiger partial charge in [0.15, 0.2) is 5.17 Å². The summed E-state index contributed by atoms with van der Waals surface area (Å²) in [6.45, 7) is 0. The SMILES string of the molecule is COc1ccc2c(c1)SCC2C1SC(N)=NC1=O. The fourth-order valence-electron chi connectivity index (χ4n) is 2.23. The van der Waals surface area contributed by atoms with E-state index in [4.69, 9.17) is 10.5 Å². The molecule has 3 rings (SSSR count). The molecule has 18 heavy (non-hydrogen) atoms. The number of ether oxygens (including phenoxy) is 1. The molecule has 2 atom stereocenters. The number of aliphatic imine (C=N–C) groups is 1. The summed E-state index contributed by atoms with van der Waals surface area (Å²) in [5.41, 5.74) is 6.82. The number of thioether (sulfide) groups is 2. The van der Waals surface area contributed by atoms with Gasteiger partial charge < -0.3 is 10.5 Å². The van der Waals surface area contributed by atoms with Crippen LogP contribution in [0.4, 0.5) is 0 Å². The topological polar surface area (TPSA) is 64.7 Å². The Kier molecular flexibility index (Phi) is 2.99. The van der Waals surface area contributed by atoms with E-state index in [0.717, 1.165) is 11.5 Å². The Balaban J connectivity index is 1.89. The number of carbonyl (C=O) groups excluding carboxylic acids is 1. The van der Waals surface area contributed by atoms with Crippen molar-refractivity contribution in [3.8, 4) is 5.75 Å². The van der Waals surface area contributed by atoms with Crippen LogP contribution in [0.1, 0.15) is 11.5 Å². The third kappa shape index (κ3) is 1.89. The zero-order valence-corrected chi connectivity index (χ0v) is 11.4. The van der Waals surface area contributed by atoms with E-state index < -0.39 is 0 Å². The Labute approximate surface area is 113 Å². The van der Waals surface area contributed by atoms with Gasteiger partial charge in [0.2, 0.25) is 0 Å². The minimum atomic E-state index is -0.160. The molecule has 1 aromatic carbocycles. The first-order chi connectivity index (χ1) is 8.69. The highest BCUT2D eigenvalue weighted by molar-refractivity contribution is 8.15. The number of hydrogen-bond acceptors (Lipinski definition) is 5. The monoisotopic (exact) mass is 280 g/mol. The minimum Gasteiger partial charge on any atom is -0.497 e. The molecule has 1 aromatic rings. The van der Waals surface area contributed by atoms with Gasteiger partial charge in [-0.05, 0) is 17.7 Å². The molecule has 0 saturated carbocycles. The summed E-state index contributed by atoms with van der Waals surface area (Å²) in [6, 6.07) is 6.00. The van der Waals surface area contributed by atoms with Crippen molar-refractivity contribution in [2.24, 2.45) is 10.7 Å². The van der Waals surface area contributed by atoms with Crippen LogP contribution in [0.15, 0.2) is 28.1 Å². The lowest BCUT2D eigenvalue weighted by Gasteiger charge is -2.15. The van der Waals surface area contributed by atoms with Gasteiger partial charge in [-0.2, -0.15) is 4.99 Å². The normalized spacial score (nSPS) is 26.1. The standard InChI is InChI=1S/C12H12N2O2S2/c1-16-6-2-3-7-8(5-17-9(7)4-6)10-11(15)14-12(13)18-10/h2-4,8,10H,5H2,1H3,(H2,13,14,15). The first-order valence-electron chi connectivity index (χ1n) is 5.54. The van der Waals surface area contributed by atoms with Crippen molar-refractivity contribution < 1.29 is 9.53 Å². The van der Waals surface area contributed by atoms with Gasteiger partial charge >= 0.3 is 0 Å². The van der Waals surface area contributed by atoms with E-state index in [0.29, 0.717) is 5.17 Å². The van der Waals surface area contributed by atoms with Crippen LogP contribution < -0.4 is 10.5 Å². The number of rotatable bonds is 2. The zero-order chi connectivity index (χ0) is 12.7. The van der Waals surface area contributed by atoms with Crippen molar-refractivity contribution >= 4 is 34.6 Å². The maximum atomic E-state index is 11.8. The third-order valence-corrected chi connectivity index (χ3v) is 5.42. The van der Waals surface area contributed by atoms with Gasteiger partial charge in [-0.1, -0.05) is 17.8 Å². The number of nitrogens with two attached hydrogens (primary N) is 1. The van der Waals surface area contributed by atoms with Gasteiger partial charge in [0.05, 0.1) is 7.11 Å². The lowest BCUT2D eigenvalue weighted by molar-refractivity contribution is -0.117. The van der Waals surface area contributed by atoms with Gasteiger partial charge in [0, 0.05) is 16.6 Å². The van der Waals surface area contributed by atoms with Crippen molar-refractivity contribution in [3.63, 3.8) is 0 Å². The van der Waals surface area contributed by atoms with Crippen LogP contribution >= 0.6 is 23.5 Å². The molecule has 0 aromatic heterocycles. The van der Waals surface area contributed by atoms with Crippen molar-refractivity contribution in [3.05, 3.63) is 23.8 Å². The fourth-order valence-corrected chi connectivity index (χ4v) is 4.63. The number of nitrogens with zero attached hydrogens (tertiary/aromatic N) is 1. The number of hydrogen-bond donors (Lipinski definition) is 1. The quantitative estimate of drug-likeness (QED) is 0.895. The molecule has 0 aliphatic carbocycles. The lowest BCUT2D eigenvalue weighted by atomic mass is 9.97. The first-order valence-corrected chi connectivity index (χ1v) is 7.41. The number of fused-ring (bicyclic) bond motifs is 1. The van der Waals surface area contributed by atoms with Gasteiger partial charge in [0.1, 0.15) is 11.0 Å². The zero-order valence-electron chi connectivity index (χ0n) is 9.75. The van der Waals surface area contributed by atoms with Crippen LogP contribution in [0.5, 0.6) is 5.75 Å². The lowest BCUT2D eigenvalue weighted by Crippen LogP contribution is -2.21. The number of methoxy groups -OCH3 is 1. The molecule has 2 heterocycles. The molecule has 4 nitrogen and oxygen atoms in total. The smallest absolute Gasteiger partial charge is 0.262 e. The van der Waals surface area contributed by atoms with Crippen molar-refractivity contribution in [1.29, 1.82) is 0 Å². The molecular weight excluding hydrogens is 268 g/mol. The number of benzene rings is 1. The first kappa shape index (κ1) is 11.9. The Bertz CT molecular complexity index is 545. The van der Waals surface area contributed by atoms with E-state index in [-0.39, 0.29) is 17.1 Å². The average Bonchev–Trinajstić information content (AvgIpc) is 2.91. The van der Waals surface area contributed by atoms with Gasteiger partial charge in [-0.15, -0.1) is 11.8 Å². The molecule has 0 saturated heterocycles. The molecule has 2 unspecified atom stereocenters. The van der Waals surface area contributed by atoms with Crippen molar-refractivity contribution in [1.82, 2.24) is 0 Å². The van der Waals surface area contributed by atoms with E-state index in [2.05, 4.69) is 4.99 Å². The summed E-state index contributed by atoms with van der Waals surface area (Å²) in [6.07, 6.45) is 0. The maximum Gasteiger partial charge on any atom is 0.262 e. The number of amides is 1. The van der Waals surface area contributed by atoms with Crippen LogP contribution in [0.25, 0.3) is 0 Å². The second-order valence-electron chi connectivity index (χ2n) is 4.15. The van der Waals surface area contributed by atoms with Gasteiger partial charge in [-0.3, -0.25) is 4.79 Å². The molecule has 1 amide bonds. The molecule has 2 N–H and O–H groups in total. The van der Waals surface area contributed by atoms with E-state index in [1.54, 1.807) is 18.9 Å². The van der Waals surface area contributed by atoms with E-state index in [1.807, 2.05) is 18.2 Å². The Morgan fingerprint density at radius 2 is 2.33 bits per heavy atom. The maximum absolute atomic E-state index is 11.8. The molecular formula is C12H12N2O2S2. The summed E-state index contributed by atoms with van der Waals surface area (Å²) in [7, 11) is 1.66. The van der Waals surface area contributed by atoms with Crippen molar-refractivity contribution in [2.45, 2.75) is 16.1 Å². The second kappa shape index (κ2) is 4.51. The second-order valence-corrected chi connectivity index (χ2v) is 6.37. The molecule has 2 aliphatic rings. The minimum absolute atomic E-state index is 0.105. The molecule has 6 heteroatoms. The van der Waals surface area contributed by atoms with E-state index >= 15 is 0 Å². The third-order valence-electron chi connectivity index (χ3n) is 3.12. The van der Waals surface area contributed by atoms with Crippen molar-refractivity contribution in [2.75, 3.05) is 12.9 Å². The summed E-state index contributed by atoms with van der Waals surface area (Å²) in [5, 5.41) is 0.226. The summed E-state index contributed by atoms with van der Waals surface area (Å²) >= 11 is 3.14. The molecule has 0 bridgehead atoms. The molecule has 2 aliphatic heterocycles. The Morgan fingerprint density at radius 1 is 1.50 bits per heavy atom. The molecule has 0 fully saturated rings. The predicted molar refractivity (Wildman–Crippen MR) is 74.5 cm³/mol. The Hall–Kier alpha value is -1.14. The number of amidine groups is 1. The fraction of sp³-hybridized carbons (Fsp3) is 0.333. The van der Waals surface area contributed by atoms with Crippen LogP contribution in [0.3, 0.4) is 0 Å². The van der Waals surface area contributed by atoms with Crippen LogP contribution in [0, 0.1) is 0 Å². The summed E-state index contributed by atoms with van der Waals surface area (Å²) in [5.74, 6) is 1.84. The van der Waals surface area contributed by atoms with Crippen LogP contribution in [-0.4, -0.2) is 29.2 Å². The summed E-state index contributed by atoms with van der Waals surface area (Å²) < 4.78 is 5.21. The van der Waals surface area contributed by atoms with Gasteiger partial charge in [0.25, 0.3) is 5.91 Å². The molecule has 0 radical (unpaired) electrons. The van der Waals surface area contributed by atoms with E-state index in [1.165, 1.54) is 22.2 Å². The van der Waals surface area contributed by atoms with Gasteiger partial charge in [-0.25, -0.2) is 0 Å². The van der Waals surface area contributed by atoms with Crippen LogP contribution in [-0.2, 0) is 4.79 Å². The average molecular weight is 280 g/mol. The summed E-state index contributed by atoms with van der Waals surface area (Å²) in [4.78, 5) is 16.8.